The SMILES string of the molecule is Cc1cccc(OC(C)C(=O)NC(C)(CN)C(C)C)c1. The maximum Gasteiger partial charge on any atom is 0.261 e. The van der Waals surface area contributed by atoms with Gasteiger partial charge in [-0.25, -0.2) is 0 Å². The second kappa shape index (κ2) is 6.75. The minimum Gasteiger partial charge on any atom is -0.481 e. The number of benzene rings is 1. The Morgan fingerprint density at radius 2 is 2.05 bits per heavy atom. The number of hydrogen-bond acceptors (Lipinski definition) is 3. The number of rotatable bonds is 6. The van der Waals surface area contributed by atoms with Crippen molar-refractivity contribution in [3.8, 4) is 5.75 Å². The highest BCUT2D eigenvalue weighted by atomic mass is 16.5. The minimum atomic E-state index is -0.554. The molecule has 1 amide bonds. The van der Waals surface area contributed by atoms with Crippen molar-refractivity contribution in [3.05, 3.63) is 29.8 Å². The minimum absolute atomic E-state index is 0.145. The van der Waals surface area contributed by atoms with E-state index < -0.39 is 11.6 Å². The van der Waals surface area contributed by atoms with E-state index in [2.05, 4.69) is 5.32 Å². The lowest BCUT2D eigenvalue weighted by Crippen LogP contribution is -2.57. The molecule has 4 nitrogen and oxygen atoms in total. The monoisotopic (exact) mass is 278 g/mol. The Morgan fingerprint density at radius 3 is 2.55 bits per heavy atom. The van der Waals surface area contributed by atoms with E-state index in [1.165, 1.54) is 0 Å². The Bertz CT molecular complexity index is 460. The van der Waals surface area contributed by atoms with Crippen molar-refractivity contribution in [2.45, 2.75) is 46.3 Å². The van der Waals surface area contributed by atoms with Gasteiger partial charge in [-0.15, -0.1) is 0 Å². The van der Waals surface area contributed by atoms with Gasteiger partial charge in [-0.05, 0) is 44.4 Å². The van der Waals surface area contributed by atoms with Crippen LogP contribution in [-0.2, 0) is 4.79 Å². The van der Waals surface area contributed by atoms with Gasteiger partial charge in [-0.3, -0.25) is 4.79 Å². The summed E-state index contributed by atoms with van der Waals surface area (Å²) in [5.74, 6) is 0.808. The molecule has 0 aliphatic rings. The van der Waals surface area contributed by atoms with Crippen LogP contribution in [0.5, 0.6) is 5.75 Å². The van der Waals surface area contributed by atoms with Crippen molar-refractivity contribution in [1.82, 2.24) is 5.32 Å². The number of nitrogens with two attached hydrogens (primary N) is 1. The molecular weight excluding hydrogens is 252 g/mol. The van der Waals surface area contributed by atoms with Crippen molar-refractivity contribution >= 4 is 5.91 Å². The first-order valence-corrected chi connectivity index (χ1v) is 7.04. The van der Waals surface area contributed by atoms with Gasteiger partial charge in [0.2, 0.25) is 0 Å². The number of nitrogens with one attached hydrogen (secondary N) is 1. The summed E-state index contributed by atoms with van der Waals surface area (Å²) in [6, 6.07) is 7.66. The summed E-state index contributed by atoms with van der Waals surface area (Å²) >= 11 is 0. The Hall–Kier alpha value is -1.55. The van der Waals surface area contributed by atoms with E-state index in [-0.39, 0.29) is 11.8 Å². The van der Waals surface area contributed by atoms with Crippen LogP contribution in [0.1, 0.15) is 33.3 Å². The van der Waals surface area contributed by atoms with E-state index in [4.69, 9.17) is 10.5 Å². The van der Waals surface area contributed by atoms with E-state index >= 15 is 0 Å². The van der Waals surface area contributed by atoms with Crippen LogP contribution >= 0.6 is 0 Å². The predicted octanol–water partition coefficient (Wildman–Crippen LogP) is 2.25. The molecule has 0 aromatic heterocycles. The highest BCUT2D eigenvalue weighted by Gasteiger charge is 2.30. The average molecular weight is 278 g/mol. The van der Waals surface area contributed by atoms with Crippen molar-refractivity contribution in [2.75, 3.05) is 6.54 Å². The first kappa shape index (κ1) is 16.5. The van der Waals surface area contributed by atoms with Gasteiger partial charge < -0.3 is 15.8 Å². The Morgan fingerprint density at radius 1 is 1.40 bits per heavy atom. The number of aryl methyl sites for hydroxylation is 1. The topological polar surface area (TPSA) is 64.3 Å². The van der Waals surface area contributed by atoms with Gasteiger partial charge in [0.15, 0.2) is 6.10 Å². The van der Waals surface area contributed by atoms with Crippen LogP contribution in [0, 0.1) is 12.8 Å². The van der Waals surface area contributed by atoms with Crippen molar-refractivity contribution in [2.24, 2.45) is 11.7 Å². The van der Waals surface area contributed by atoms with Gasteiger partial charge >= 0.3 is 0 Å². The lowest BCUT2D eigenvalue weighted by Gasteiger charge is -2.34. The molecule has 0 aliphatic heterocycles. The Kier molecular flexibility index (Phi) is 5.57. The summed E-state index contributed by atoms with van der Waals surface area (Å²) < 4.78 is 5.67. The molecule has 0 saturated carbocycles. The van der Waals surface area contributed by atoms with Gasteiger partial charge in [0.25, 0.3) is 5.91 Å². The van der Waals surface area contributed by atoms with Gasteiger partial charge in [-0.1, -0.05) is 26.0 Å². The smallest absolute Gasteiger partial charge is 0.261 e. The molecule has 0 aliphatic carbocycles. The highest BCUT2D eigenvalue weighted by molar-refractivity contribution is 5.81. The van der Waals surface area contributed by atoms with Crippen molar-refractivity contribution < 1.29 is 9.53 Å². The van der Waals surface area contributed by atoms with E-state index in [1.807, 2.05) is 52.0 Å². The summed E-state index contributed by atoms with van der Waals surface area (Å²) in [6.45, 7) is 10.2. The van der Waals surface area contributed by atoms with Crippen LogP contribution in [0.25, 0.3) is 0 Å². The van der Waals surface area contributed by atoms with E-state index in [1.54, 1.807) is 6.92 Å². The third-order valence-electron chi connectivity index (χ3n) is 3.78. The summed E-state index contributed by atoms with van der Waals surface area (Å²) in [5, 5.41) is 2.99. The maximum absolute atomic E-state index is 12.2. The van der Waals surface area contributed by atoms with Crippen LogP contribution in [0.2, 0.25) is 0 Å². The fraction of sp³-hybridized carbons (Fsp3) is 0.562. The Labute approximate surface area is 121 Å². The standard InChI is InChI=1S/C16H26N2O2/c1-11(2)16(5,10-17)18-15(19)13(4)20-14-8-6-7-12(3)9-14/h6-9,11,13H,10,17H2,1-5H3,(H,18,19). The van der Waals surface area contributed by atoms with Gasteiger partial charge in [0.05, 0.1) is 5.54 Å². The number of amides is 1. The molecule has 2 unspecified atom stereocenters. The second-order valence-corrected chi connectivity index (χ2v) is 5.84. The summed E-state index contributed by atoms with van der Waals surface area (Å²) in [4.78, 5) is 12.2. The third kappa shape index (κ3) is 4.23. The summed E-state index contributed by atoms with van der Waals surface area (Å²) in [6.07, 6.45) is -0.554. The zero-order valence-electron chi connectivity index (χ0n) is 13.1. The molecule has 0 bridgehead atoms. The number of carbonyl (C=O) groups is 1. The number of ether oxygens (including phenoxy) is 1. The van der Waals surface area contributed by atoms with Gasteiger partial charge in [-0.2, -0.15) is 0 Å². The maximum atomic E-state index is 12.2. The molecule has 1 aromatic carbocycles. The molecule has 20 heavy (non-hydrogen) atoms. The quantitative estimate of drug-likeness (QED) is 0.839. The highest BCUT2D eigenvalue weighted by Crippen LogP contribution is 2.17. The largest absolute Gasteiger partial charge is 0.481 e. The fourth-order valence-corrected chi connectivity index (χ4v) is 1.76. The lowest BCUT2D eigenvalue weighted by molar-refractivity contribution is -0.129. The summed E-state index contributed by atoms with van der Waals surface area (Å²) in [7, 11) is 0. The lowest BCUT2D eigenvalue weighted by atomic mass is 9.88. The van der Waals surface area contributed by atoms with E-state index in [0.29, 0.717) is 12.3 Å². The second-order valence-electron chi connectivity index (χ2n) is 5.84. The molecule has 0 fully saturated rings. The molecule has 2 atom stereocenters. The molecule has 4 heteroatoms. The number of hydrogen-bond donors (Lipinski definition) is 2. The zero-order chi connectivity index (χ0) is 15.3. The molecule has 3 N–H and O–H groups in total. The van der Waals surface area contributed by atoms with Crippen LogP contribution in [0.15, 0.2) is 24.3 Å². The first-order valence-electron chi connectivity index (χ1n) is 7.04. The number of carbonyl (C=O) groups excluding carboxylic acids is 1. The van der Waals surface area contributed by atoms with E-state index in [0.717, 1.165) is 5.56 Å². The molecule has 0 spiro atoms. The van der Waals surface area contributed by atoms with Crippen molar-refractivity contribution in [3.63, 3.8) is 0 Å². The third-order valence-corrected chi connectivity index (χ3v) is 3.78. The van der Waals surface area contributed by atoms with Gasteiger partial charge in [0.1, 0.15) is 5.75 Å². The molecule has 0 radical (unpaired) electrons. The fourth-order valence-electron chi connectivity index (χ4n) is 1.76. The first-order chi connectivity index (χ1) is 9.28. The zero-order valence-corrected chi connectivity index (χ0v) is 13.1. The van der Waals surface area contributed by atoms with E-state index in [9.17, 15) is 4.79 Å². The van der Waals surface area contributed by atoms with Crippen LogP contribution < -0.4 is 15.8 Å². The normalized spacial score (nSPS) is 15.6. The van der Waals surface area contributed by atoms with Crippen LogP contribution in [0.3, 0.4) is 0 Å². The van der Waals surface area contributed by atoms with Gasteiger partial charge in [0, 0.05) is 6.54 Å². The Balaban J connectivity index is 2.68. The molecular formula is C16H26N2O2. The van der Waals surface area contributed by atoms with Crippen LogP contribution in [0.4, 0.5) is 0 Å². The molecule has 1 aromatic rings. The molecule has 0 saturated heterocycles. The molecule has 112 valence electrons. The van der Waals surface area contributed by atoms with Crippen molar-refractivity contribution in [1.29, 1.82) is 0 Å². The van der Waals surface area contributed by atoms with Crippen LogP contribution in [-0.4, -0.2) is 24.1 Å². The summed E-state index contributed by atoms with van der Waals surface area (Å²) in [5.41, 5.74) is 6.46. The molecule has 1 rings (SSSR count). The average Bonchev–Trinajstić information content (AvgIpc) is 2.38. The molecule has 0 heterocycles. The predicted molar refractivity (Wildman–Crippen MR) is 81.7 cm³/mol.